The Morgan fingerprint density at radius 1 is 1.53 bits per heavy atom. The van der Waals surface area contributed by atoms with Crippen molar-refractivity contribution >= 4 is 5.88 Å². The van der Waals surface area contributed by atoms with Crippen molar-refractivity contribution in [1.29, 1.82) is 0 Å². The molecule has 0 radical (unpaired) electrons. The Bertz CT molecular complexity index is 302. The second-order valence-corrected chi connectivity index (χ2v) is 4.48. The van der Waals surface area contributed by atoms with Crippen LogP contribution >= 0.6 is 0 Å². The molecule has 1 aliphatic heterocycles. The van der Waals surface area contributed by atoms with Gasteiger partial charge in [-0.25, -0.2) is 0 Å². The van der Waals surface area contributed by atoms with E-state index in [0.29, 0.717) is 0 Å². The van der Waals surface area contributed by atoms with Gasteiger partial charge in [0, 0.05) is 19.7 Å². The maximum atomic E-state index is 5.59. The van der Waals surface area contributed by atoms with E-state index in [1.807, 2.05) is 19.1 Å². The third-order valence-electron chi connectivity index (χ3n) is 3.03. The fourth-order valence-electron chi connectivity index (χ4n) is 2.18. The molecule has 3 nitrogen and oxygen atoms in total. The molecule has 1 aliphatic rings. The number of hydrogen-bond donors (Lipinski definition) is 1. The van der Waals surface area contributed by atoms with E-state index in [0.717, 1.165) is 30.7 Å². The number of rotatable bonds is 3. The van der Waals surface area contributed by atoms with Crippen molar-refractivity contribution in [3.63, 3.8) is 0 Å². The van der Waals surface area contributed by atoms with Crippen molar-refractivity contribution in [3.8, 4) is 0 Å². The van der Waals surface area contributed by atoms with Gasteiger partial charge >= 0.3 is 0 Å². The first-order valence-corrected chi connectivity index (χ1v) is 5.74. The van der Waals surface area contributed by atoms with Gasteiger partial charge in [-0.15, -0.1) is 0 Å². The molecule has 2 rings (SSSR count). The Labute approximate surface area is 91.4 Å². The summed E-state index contributed by atoms with van der Waals surface area (Å²) in [7, 11) is 2.10. The van der Waals surface area contributed by atoms with Crippen LogP contribution in [0.5, 0.6) is 0 Å². The molecule has 1 fully saturated rings. The van der Waals surface area contributed by atoms with Crippen LogP contribution in [0.2, 0.25) is 0 Å². The van der Waals surface area contributed by atoms with Gasteiger partial charge < -0.3 is 14.6 Å². The van der Waals surface area contributed by atoms with E-state index >= 15 is 0 Å². The van der Waals surface area contributed by atoms with Crippen LogP contribution in [0.15, 0.2) is 16.5 Å². The lowest BCUT2D eigenvalue weighted by atomic mass is 9.99. The maximum absolute atomic E-state index is 5.59. The highest BCUT2D eigenvalue weighted by Gasteiger charge is 2.16. The Hall–Kier alpha value is -0.960. The molecule has 1 N–H and O–H groups in total. The zero-order valence-corrected chi connectivity index (χ0v) is 9.62. The number of furan rings is 1. The Morgan fingerprint density at radius 2 is 2.40 bits per heavy atom. The predicted octanol–water partition coefficient (Wildman–Crippen LogP) is 2.02. The SMILES string of the molecule is Cc1ccc(N(C)CC2CCCNC2)o1. The first-order valence-electron chi connectivity index (χ1n) is 5.74. The second kappa shape index (κ2) is 4.71. The lowest BCUT2D eigenvalue weighted by molar-refractivity contribution is 0.375. The molecular weight excluding hydrogens is 188 g/mol. The Morgan fingerprint density at radius 3 is 3.00 bits per heavy atom. The molecule has 2 heterocycles. The van der Waals surface area contributed by atoms with Crippen LogP contribution in [0.1, 0.15) is 18.6 Å². The highest BCUT2D eigenvalue weighted by molar-refractivity contribution is 5.35. The molecule has 1 atom stereocenters. The highest BCUT2D eigenvalue weighted by Crippen LogP contribution is 2.19. The first-order chi connectivity index (χ1) is 7.25. The summed E-state index contributed by atoms with van der Waals surface area (Å²) in [5.41, 5.74) is 0. The molecule has 1 saturated heterocycles. The van der Waals surface area contributed by atoms with Crippen molar-refractivity contribution in [2.24, 2.45) is 5.92 Å². The van der Waals surface area contributed by atoms with Crippen LogP contribution in [0.25, 0.3) is 0 Å². The van der Waals surface area contributed by atoms with E-state index < -0.39 is 0 Å². The van der Waals surface area contributed by atoms with E-state index in [4.69, 9.17) is 4.42 Å². The van der Waals surface area contributed by atoms with Gasteiger partial charge in [0.1, 0.15) is 5.76 Å². The van der Waals surface area contributed by atoms with Gasteiger partial charge in [-0.05, 0) is 44.8 Å². The van der Waals surface area contributed by atoms with Gasteiger partial charge in [-0.2, -0.15) is 0 Å². The van der Waals surface area contributed by atoms with Crippen molar-refractivity contribution < 1.29 is 4.42 Å². The van der Waals surface area contributed by atoms with Crippen LogP contribution in [0, 0.1) is 12.8 Å². The molecule has 0 amide bonds. The number of piperidine rings is 1. The summed E-state index contributed by atoms with van der Waals surface area (Å²) < 4.78 is 5.59. The number of nitrogens with zero attached hydrogens (tertiary/aromatic N) is 1. The summed E-state index contributed by atoms with van der Waals surface area (Å²) in [5, 5.41) is 3.44. The molecular formula is C12H20N2O. The summed E-state index contributed by atoms with van der Waals surface area (Å²) >= 11 is 0. The smallest absolute Gasteiger partial charge is 0.195 e. The molecule has 0 aromatic carbocycles. The van der Waals surface area contributed by atoms with E-state index in [1.165, 1.54) is 19.4 Å². The van der Waals surface area contributed by atoms with Crippen molar-refractivity contribution in [3.05, 3.63) is 17.9 Å². The van der Waals surface area contributed by atoms with E-state index in [-0.39, 0.29) is 0 Å². The van der Waals surface area contributed by atoms with Crippen LogP contribution < -0.4 is 10.2 Å². The van der Waals surface area contributed by atoms with Crippen LogP contribution in [0.3, 0.4) is 0 Å². The van der Waals surface area contributed by atoms with Crippen molar-refractivity contribution in [1.82, 2.24) is 5.32 Å². The number of nitrogens with one attached hydrogen (secondary N) is 1. The number of hydrogen-bond acceptors (Lipinski definition) is 3. The van der Waals surface area contributed by atoms with Gasteiger partial charge in [0.25, 0.3) is 0 Å². The summed E-state index contributed by atoms with van der Waals surface area (Å²) in [6, 6.07) is 4.07. The molecule has 0 saturated carbocycles. The molecule has 1 unspecified atom stereocenters. The lowest BCUT2D eigenvalue weighted by Crippen LogP contribution is -2.36. The molecule has 3 heteroatoms. The molecule has 0 bridgehead atoms. The largest absolute Gasteiger partial charge is 0.446 e. The summed E-state index contributed by atoms with van der Waals surface area (Å²) in [5.74, 6) is 2.73. The quantitative estimate of drug-likeness (QED) is 0.824. The third-order valence-corrected chi connectivity index (χ3v) is 3.03. The summed E-state index contributed by atoms with van der Waals surface area (Å²) in [6.07, 6.45) is 2.63. The van der Waals surface area contributed by atoms with Crippen LogP contribution in [0.4, 0.5) is 5.88 Å². The molecule has 0 aliphatic carbocycles. The number of aryl methyl sites for hydroxylation is 1. The third kappa shape index (κ3) is 2.75. The fourth-order valence-corrected chi connectivity index (χ4v) is 2.18. The average Bonchev–Trinajstić information content (AvgIpc) is 2.66. The van der Waals surface area contributed by atoms with Gasteiger partial charge in [-0.3, -0.25) is 0 Å². The van der Waals surface area contributed by atoms with E-state index in [2.05, 4.69) is 17.3 Å². The predicted molar refractivity (Wildman–Crippen MR) is 62.3 cm³/mol. The molecule has 84 valence electrons. The monoisotopic (exact) mass is 208 g/mol. The van der Waals surface area contributed by atoms with Gasteiger partial charge in [0.05, 0.1) is 0 Å². The molecule has 1 aromatic rings. The fraction of sp³-hybridized carbons (Fsp3) is 0.667. The van der Waals surface area contributed by atoms with Crippen molar-refractivity contribution in [2.75, 3.05) is 31.6 Å². The highest BCUT2D eigenvalue weighted by atomic mass is 16.4. The normalized spacial score (nSPS) is 21.6. The minimum absolute atomic E-state index is 0.758. The Kier molecular flexibility index (Phi) is 3.31. The van der Waals surface area contributed by atoms with Crippen LogP contribution in [-0.4, -0.2) is 26.7 Å². The van der Waals surface area contributed by atoms with Gasteiger partial charge in [0.2, 0.25) is 0 Å². The van der Waals surface area contributed by atoms with E-state index in [1.54, 1.807) is 0 Å². The first kappa shape index (κ1) is 10.6. The van der Waals surface area contributed by atoms with Crippen LogP contribution in [-0.2, 0) is 0 Å². The van der Waals surface area contributed by atoms with Gasteiger partial charge in [-0.1, -0.05) is 0 Å². The van der Waals surface area contributed by atoms with E-state index in [9.17, 15) is 0 Å². The van der Waals surface area contributed by atoms with Gasteiger partial charge in [0.15, 0.2) is 5.88 Å². The molecule has 0 spiro atoms. The van der Waals surface area contributed by atoms with Crippen molar-refractivity contribution in [2.45, 2.75) is 19.8 Å². The standard InChI is InChI=1S/C12H20N2O/c1-10-5-6-12(15-10)14(2)9-11-4-3-7-13-8-11/h5-6,11,13H,3-4,7-9H2,1-2H3. The average molecular weight is 208 g/mol. The lowest BCUT2D eigenvalue weighted by Gasteiger charge is -2.27. The molecule has 15 heavy (non-hydrogen) atoms. The summed E-state index contributed by atoms with van der Waals surface area (Å²) in [4.78, 5) is 2.21. The second-order valence-electron chi connectivity index (χ2n) is 4.48. The zero-order valence-electron chi connectivity index (χ0n) is 9.62. The Balaban J connectivity index is 1.88. The maximum Gasteiger partial charge on any atom is 0.195 e. The minimum Gasteiger partial charge on any atom is -0.446 e. The zero-order chi connectivity index (χ0) is 10.7. The molecule has 1 aromatic heterocycles. The number of anilines is 1. The summed E-state index contributed by atoms with van der Waals surface area (Å²) in [6.45, 7) is 5.39. The minimum atomic E-state index is 0.758. The topological polar surface area (TPSA) is 28.4 Å².